The van der Waals surface area contributed by atoms with Crippen LogP contribution in [0.1, 0.15) is 38.2 Å². The fourth-order valence-corrected chi connectivity index (χ4v) is 3.18. The van der Waals surface area contributed by atoms with Crippen molar-refractivity contribution < 1.29 is 9.47 Å². The van der Waals surface area contributed by atoms with E-state index in [2.05, 4.69) is 11.9 Å². The maximum absolute atomic E-state index is 8.00. The number of aliphatic imine (C=N–C) groups is 1. The molecule has 0 aliphatic carbocycles. The molecule has 0 bridgehead atoms. The van der Waals surface area contributed by atoms with Gasteiger partial charge in [-0.2, -0.15) is 0 Å². The minimum absolute atomic E-state index is 0.0901. The minimum Gasteiger partial charge on any atom is -0.497 e. The fourth-order valence-electron chi connectivity index (χ4n) is 3.18. The summed E-state index contributed by atoms with van der Waals surface area (Å²) in [4.78, 5) is 5.16. The van der Waals surface area contributed by atoms with Crippen molar-refractivity contribution in [1.82, 2.24) is 10.0 Å². The fraction of sp³-hybridized carbons (Fsp3) is 0.545. The summed E-state index contributed by atoms with van der Waals surface area (Å²) in [7, 11) is 7.74. The quantitative estimate of drug-likeness (QED) is 0.542. The molecule has 0 saturated heterocycles. The first-order chi connectivity index (χ1) is 13.5. The number of rotatable bonds is 8. The Kier molecular flexibility index (Phi) is 8.67. The molecular weight excluding hydrogens is 352 g/mol. The van der Waals surface area contributed by atoms with Crippen LogP contribution < -0.4 is 4.74 Å². The van der Waals surface area contributed by atoms with Gasteiger partial charge in [-0.05, 0) is 31.4 Å². The zero-order valence-electron chi connectivity index (χ0n) is 17.9. The van der Waals surface area contributed by atoms with E-state index in [1.165, 1.54) is 6.21 Å². The molecule has 0 radical (unpaired) electrons. The Morgan fingerprint density at radius 1 is 1.32 bits per heavy atom. The number of likely N-dealkylation sites (N-methyl/N-ethyl adjacent to an activating group) is 1. The third-order valence-corrected chi connectivity index (χ3v) is 5.08. The van der Waals surface area contributed by atoms with Crippen molar-refractivity contribution >= 4 is 11.9 Å². The predicted molar refractivity (Wildman–Crippen MR) is 115 cm³/mol. The number of unbranched alkanes of at least 4 members (excludes halogenated alkanes) is 1. The van der Waals surface area contributed by atoms with Crippen LogP contribution in [0.4, 0.5) is 0 Å². The molecule has 0 aromatic heterocycles. The summed E-state index contributed by atoms with van der Waals surface area (Å²) in [6.45, 7) is 3.30. The second-order valence-corrected chi connectivity index (χ2v) is 7.21. The van der Waals surface area contributed by atoms with Crippen molar-refractivity contribution in [2.24, 2.45) is 10.9 Å². The Labute approximate surface area is 169 Å². The van der Waals surface area contributed by atoms with E-state index in [4.69, 9.17) is 19.9 Å². The average Bonchev–Trinajstić information content (AvgIpc) is 2.80. The van der Waals surface area contributed by atoms with Gasteiger partial charge in [0.2, 0.25) is 0 Å². The van der Waals surface area contributed by atoms with Gasteiger partial charge in [0.05, 0.1) is 30.8 Å². The highest BCUT2D eigenvalue weighted by Crippen LogP contribution is 2.25. The molecule has 1 N–H and O–H groups in total. The van der Waals surface area contributed by atoms with Crippen LogP contribution in [-0.4, -0.2) is 63.4 Å². The van der Waals surface area contributed by atoms with E-state index < -0.39 is 0 Å². The summed E-state index contributed by atoms with van der Waals surface area (Å²) in [5.41, 5.74) is 4.01. The summed E-state index contributed by atoms with van der Waals surface area (Å²) in [5, 5.41) is 12.1. The molecule has 6 nitrogen and oxygen atoms in total. The zero-order valence-corrected chi connectivity index (χ0v) is 17.9. The van der Waals surface area contributed by atoms with Crippen molar-refractivity contribution in [1.29, 1.82) is 5.41 Å². The van der Waals surface area contributed by atoms with E-state index in [-0.39, 0.29) is 5.92 Å². The number of ether oxygens (including phenoxy) is 2. The van der Waals surface area contributed by atoms with E-state index >= 15 is 0 Å². The smallest absolute Gasteiger partial charge is 0.119 e. The Balaban J connectivity index is 2.63. The monoisotopic (exact) mass is 386 g/mol. The maximum atomic E-state index is 8.00. The first-order valence-corrected chi connectivity index (χ1v) is 9.96. The summed E-state index contributed by atoms with van der Waals surface area (Å²) in [6, 6.07) is 7.95. The highest BCUT2D eigenvalue weighted by Gasteiger charge is 2.22. The molecule has 28 heavy (non-hydrogen) atoms. The Morgan fingerprint density at radius 3 is 2.75 bits per heavy atom. The molecule has 0 amide bonds. The van der Waals surface area contributed by atoms with E-state index in [1.54, 1.807) is 7.11 Å². The van der Waals surface area contributed by atoms with E-state index in [0.717, 1.165) is 54.1 Å². The first-order valence-electron chi connectivity index (χ1n) is 9.96. The highest BCUT2D eigenvalue weighted by atomic mass is 16.5. The molecule has 1 aliphatic rings. The van der Waals surface area contributed by atoms with Gasteiger partial charge in [0.15, 0.2) is 0 Å². The second kappa shape index (κ2) is 11.0. The molecule has 1 aliphatic heterocycles. The summed E-state index contributed by atoms with van der Waals surface area (Å²) in [6.07, 6.45) is 5.26. The lowest BCUT2D eigenvalue weighted by Crippen LogP contribution is -2.35. The van der Waals surface area contributed by atoms with Gasteiger partial charge in [-0.15, -0.1) is 0 Å². The van der Waals surface area contributed by atoms with Crippen LogP contribution in [0.5, 0.6) is 5.75 Å². The van der Waals surface area contributed by atoms with Gasteiger partial charge in [0.25, 0.3) is 0 Å². The standard InChI is InChI=1S/C22H34N4O2/c1-6-7-11-20-21(26(4)25(2)3)16-28-13-12-18(15-23)22(24-20)17-9-8-10-19(14-17)27-5/h8-10,14-15,18,23H,6-7,11-13,16H2,1-5H3. The molecule has 0 fully saturated rings. The lowest BCUT2D eigenvalue weighted by Gasteiger charge is -2.30. The van der Waals surface area contributed by atoms with Crippen molar-refractivity contribution in [3.63, 3.8) is 0 Å². The summed E-state index contributed by atoms with van der Waals surface area (Å²) < 4.78 is 11.4. The van der Waals surface area contributed by atoms with Crippen LogP contribution in [-0.2, 0) is 4.74 Å². The van der Waals surface area contributed by atoms with Gasteiger partial charge in [-0.3, -0.25) is 4.99 Å². The second-order valence-electron chi connectivity index (χ2n) is 7.21. The molecule has 1 atom stereocenters. The van der Waals surface area contributed by atoms with Gasteiger partial charge >= 0.3 is 0 Å². The number of benzene rings is 1. The molecule has 6 heteroatoms. The van der Waals surface area contributed by atoms with Crippen LogP contribution in [0.15, 0.2) is 40.7 Å². The van der Waals surface area contributed by atoms with Crippen LogP contribution in [0.2, 0.25) is 0 Å². The third-order valence-electron chi connectivity index (χ3n) is 5.08. The normalized spacial score (nSPS) is 18.2. The Morgan fingerprint density at radius 2 is 2.11 bits per heavy atom. The van der Waals surface area contributed by atoms with Gasteiger partial charge < -0.3 is 19.9 Å². The average molecular weight is 387 g/mol. The number of nitrogens with zero attached hydrogens (tertiary/aromatic N) is 3. The SMILES string of the molecule is CCCCC1=C(N(C)N(C)C)COCCC(C=N)C(c2cccc(OC)c2)=N1. The van der Waals surface area contributed by atoms with Crippen LogP contribution in [0.25, 0.3) is 0 Å². The van der Waals surface area contributed by atoms with Gasteiger partial charge in [-0.25, -0.2) is 5.01 Å². The molecular formula is C22H34N4O2. The number of hydrogen-bond donors (Lipinski definition) is 1. The van der Waals surface area contributed by atoms with Crippen molar-refractivity contribution in [3.05, 3.63) is 41.2 Å². The molecule has 2 rings (SSSR count). The third kappa shape index (κ3) is 5.66. The maximum Gasteiger partial charge on any atom is 0.119 e. The van der Waals surface area contributed by atoms with E-state index in [9.17, 15) is 0 Å². The van der Waals surface area contributed by atoms with Crippen molar-refractivity contribution in [2.75, 3.05) is 41.5 Å². The Bertz CT molecular complexity index is 712. The van der Waals surface area contributed by atoms with Gasteiger partial charge in [0, 0.05) is 45.4 Å². The topological polar surface area (TPSA) is 61.2 Å². The molecule has 1 heterocycles. The zero-order chi connectivity index (χ0) is 20.5. The highest BCUT2D eigenvalue weighted by molar-refractivity contribution is 6.10. The van der Waals surface area contributed by atoms with E-state index in [0.29, 0.717) is 13.2 Å². The van der Waals surface area contributed by atoms with E-state index in [1.807, 2.05) is 50.4 Å². The van der Waals surface area contributed by atoms with Crippen molar-refractivity contribution in [3.8, 4) is 5.75 Å². The lowest BCUT2D eigenvalue weighted by molar-refractivity contribution is 0.0565. The Hall–Kier alpha value is -2.18. The largest absolute Gasteiger partial charge is 0.497 e. The van der Waals surface area contributed by atoms with Gasteiger partial charge in [-0.1, -0.05) is 25.5 Å². The van der Waals surface area contributed by atoms with Crippen molar-refractivity contribution in [2.45, 2.75) is 32.6 Å². The van der Waals surface area contributed by atoms with Crippen LogP contribution in [0.3, 0.4) is 0 Å². The minimum atomic E-state index is -0.0901. The molecule has 0 saturated carbocycles. The summed E-state index contributed by atoms with van der Waals surface area (Å²) in [5.74, 6) is 0.706. The number of nitrogens with one attached hydrogen (secondary N) is 1. The molecule has 1 aromatic carbocycles. The number of hydrogen-bond acceptors (Lipinski definition) is 6. The van der Waals surface area contributed by atoms with Crippen LogP contribution in [0, 0.1) is 11.3 Å². The first kappa shape index (κ1) is 22.1. The molecule has 1 aromatic rings. The summed E-state index contributed by atoms with van der Waals surface area (Å²) >= 11 is 0. The number of hydrazine groups is 1. The van der Waals surface area contributed by atoms with Gasteiger partial charge in [0.1, 0.15) is 5.75 Å². The predicted octanol–water partition coefficient (Wildman–Crippen LogP) is 3.98. The number of methoxy groups -OCH3 is 1. The molecule has 0 spiro atoms. The molecule has 1 unspecified atom stereocenters. The van der Waals surface area contributed by atoms with Crippen LogP contribution >= 0.6 is 0 Å². The molecule has 154 valence electrons. The lowest BCUT2D eigenvalue weighted by atomic mass is 9.94. The number of allylic oxidation sites excluding steroid dienone is 1.